The monoisotopic (exact) mass is 293 g/mol. The molecule has 0 saturated heterocycles. The molecule has 21 heavy (non-hydrogen) atoms. The number of hydrogen-bond acceptors (Lipinski definition) is 5. The van der Waals surface area contributed by atoms with Crippen LogP contribution in [-0.2, 0) is 9.53 Å². The van der Waals surface area contributed by atoms with Gasteiger partial charge in [0, 0.05) is 11.6 Å². The third-order valence-electron chi connectivity index (χ3n) is 3.15. The van der Waals surface area contributed by atoms with Gasteiger partial charge in [-0.05, 0) is 30.7 Å². The van der Waals surface area contributed by atoms with Crippen molar-refractivity contribution >= 4 is 11.8 Å². The number of carbonyl (C=O) groups is 2. The second-order valence-electron chi connectivity index (χ2n) is 5.20. The average Bonchev–Trinajstić information content (AvgIpc) is 2.45. The number of esters is 1. The molecule has 0 aliphatic carbocycles. The molecule has 0 aliphatic rings. The van der Waals surface area contributed by atoms with Gasteiger partial charge in [0.15, 0.2) is 5.78 Å². The molecule has 0 heterocycles. The van der Waals surface area contributed by atoms with E-state index in [1.165, 1.54) is 7.11 Å². The molecule has 0 saturated carbocycles. The summed E-state index contributed by atoms with van der Waals surface area (Å²) < 4.78 is 9.80. The number of ether oxygens (including phenoxy) is 2. The van der Waals surface area contributed by atoms with Crippen molar-refractivity contribution in [2.45, 2.75) is 39.3 Å². The fourth-order valence-corrected chi connectivity index (χ4v) is 2.11. The molecule has 0 bridgehead atoms. The van der Waals surface area contributed by atoms with E-state index >= 15 is 0 Å². The molecule has 1 N–H and O–H groups in total. The topological polar surface area (TPSA) is 64.6 Å². The minimum Gasteiger partial charge on any atom is -0.497 e. The molecule has 0 spiro atoms. The molecule has 0 aliphatic heterocycles. The number of methoxy groups -OCH3 is 2. The fraction of sp³-hybridized carbons (Fsp3) is 0.500. The number of ketones is 1. The molecule has 5 nitrogen and oxygen atoms in total. The van der Waals surface area contributed by atoms with Gasteiger partial charge in [-0.25, -0.2) is 0 Å². The lowest BCUT2D eigenvalue weighted by Crippen LogP contribution is -2.42. The number of aryl methyl sites for hydroxylation is 1. The van der Waals surface area contributed by atoms with Crippen molar-refractivity contribution in [2.75, 3.05) is 14.2 Å². The Morgan fingerprint density at radius 1 is 1.24 bits per heavy atom. The van der Waals surface area contributed by atoms with Crippen molar-refractivity contribution in [2.24, 2.45) is 0 Å². The Balaban J connectivity index is 3.01. The minimum absolute atomic E-state index is 0.0129. The van der Waals surface area contributed by atoms with Gasteiger partial charge in [0.1, 0.15) is 5.75 Å². The van der Waals surface area contributed by atoms with E-state index < -0.39 is 12.0 Å². The molecule has 0 radical (unpaired) electrons. The molecule has 0 aromatic heterocycles. The van der Waals surface area contributed by atoms with Gasteiger partial charge >= 0.3 is 5.97 Å². The first-order valence-electron chi connectivity index (χ1n) is 6.90. The Bertz CT molecular complexity index is 511. The average molecular weight is 293 g/mol. The van der Waals surface area contributed by atoms with Crippen molar-refractivity contribution < 1.29 is 19.1 Å². The van der Waals surface area contributed by atoms with Crippen molar-refractivity contribution in [3.63, 3.8) is 0 Å². The number of hydrogen-bond donors (Lipinski definition) is 1. The number of Topliss-reactive ketones (excluding diaryl/α,β-unsaturated/α-hetero) is 1. The van der Waals surface area contributed by atoms with Crippen LogP contribution in [0.2, 0.25) is 0 Å². The van der Waals surface area contributed by atoms with Crippen molar-refractivity contribution in [3.05, 3.63) is 29.3 Å². The zero-order valence-corrected chi connectivity index (χ0v) is 13.2. The molecular formula is C16H23NO4. The lowest BCUT2D eigenvalue weighted by Gasteiger charge is -2.20. The highest BCUT2D eigenvalue weighted by atomic mass is 16.5. The van der Waals surface area contributed by atoms with Gasteiger partial charge in [-0.1, -0.05) is 13.8 Å². The quantitative estimate of drug-likeness (QED) is 0.616. The number of benzene rings is 1. The van der Waals surface area contributed by atoms with E-state index in [4.69, 9.17) is 4.74 Å². The summed E-state index contributed by atoms with van der Waals surface area (Å²) in [6, 6.07) is 4.76. The van der Waals surface area contributed by atoms with E-state index in [9.17, 15) is 9.59 Å². The molecular weight excluding hydrogens is 270 g/mol. The summed E-state index contributed by atoms with van der Waals surface area (Å²) in [6.07, 6.45) is 0.0129. The standard InChI is InChI=1S/C16H23NO4/c1-10(2)17-14(9-15(18)21-5)16(19)13-7-6-12(20-4)8-11(13)3/h6-8,10,14,17H,9H2,1-5H3. The summed E-state index contributed by atoms with van der Waals surface area (Å²) in [6.45, 7) is 5.71. The van der Waals surface area contributed by atoms with Crippen molar-refractivity contribution in [1.82, 2.24) is 5.32 Å². The summed E-state index contributed by atoms with van der Waals surface area (Å²) >= 11 is 0. The number of rotatable bonds is 7. The highest BCUT2D eigenvalue weighted by Gasteiger charge is 2.25. The van der Waals surface area contributed by atoms with E-state index in [1.807, 2.05) is 20.8 Å². The highest BCUT2D eigenvalue weighted by molar-refractivity contribution is 6.03. The summed E-state index contributed by atoms with van der Waals surface area (Å²) in [5, 5.41) is 3.12. The van der Waals surface area contributed by atoms with E-state index in [-0.39, 0.29) is 18.2 Å². The zero-order valence-electron chi connectivity index (χ0n) is 13.2. The van der Waals surface area contributed by atoms with E-state index in [0.29, 0.717) is 11.3 Å². The Labute approximate surface area is 125 Å². The summed E-state index contributed by atoms with van der Waals surface area (Å²) in [4.78, 5) is 24.1. The van der Waals surface area contributed by atoms with Crippen LogP contribution in [0.3, 0.4) is 0 Å². The second-order valence-corrected chi connectivity index (χ2v) is 5.20. The smallest absolute Gasteiger partial charge is 0.307 e. The van der Waals surface area contributed by atoms with Crippen LogP contribution in [0.25, 0.3) is 0 Å². The first kappa shape index (κ1) is 17.2. The molecule has 1 rings (SSSR count). The highest BCUT2D eigenvalue weighted by Crippen LogP contribution is 2.19. The van der Waals surface area contributed by atoms with E-state index in [2.05, 4.69) is 10.1 Å². The first-order valence-corrected chi connectivity index (χ1v) is 6.90. The van der Waals surface area contributed by atoms with E-state index in [0.717, 1.165) is 5.56 Å². The summed E-state index contributed by atoms with van der Waals surface area (Å²) in [5.41, 5.74) is 1.40. The molecule has 1 atom stereocenters. The maximum atomic E-state index is 12.6. The van der Waals surface area contributed by atoms with Gasteiger partial charge in [-0.15, -0.1) is 0 Å². The van der Waals surface area contributed by atoms with Crippen molar-refractivity contribution in [1.29, 1.82) is 0 Å². The Morgan fingerprint density at radius 2 is 1.90 bits per heavy atom. The van der Waals surface area contributed by atoms with E-state index in [1.54, 1.807) is 25.3 Å². The Kier molecular flexibility index (Phi) is 6.37. The largest absolute Gasteiger partial charge is 0.497 e. The van der Waals surface area contributed by atoms with Crippen LogP contribution in [0, 0.1) is 6.92 Å². The van der Waals surface area contributed by atoms with Crippen LogP contribution in [-0.4, -0.2) is 38.1 Å². The van der Waals surface area contributed by atoms with Crippen LogP contribution in [0.5, 0.6) is 5.75 Å². The van der Waals surface area contributed by atoms with Gasteiger partial charge in [0.05, 0.1) is 26.7 Å². The normalized spacial score (nSPS) is 12.1. The molecule has 0 amide bonds. The number of carbonyl (C=O) groups excluding carboxylic acids is 2. The molecule has 1 aromatic rings. The predicted octanol–water partition coefficient (Wildman–Crippen LogP) is 2.12. The van der Waals surface area contributed by atoms with Crippen LogP contribution >= 0.6 is 0 Å². The zero-order chi connectivity index (χ0) is 16.0. The fourth-order valence-electron chi connectivity index (χ4n) is 2.11. The minimum atomic E-state index is -0.593. The maximum Gasteiger partial charge on any atom is 0.307 e. The first-order chi connectivity index (χ1) is 9.88. The maximum absolute atomic E-state index is 12.6. The van der Waals surface area contributed by atoms with Crippen LogP contribution < -0.4 is 10.1 Å². The second kappa shape index (κ2) is 7.78. The SMILES string of the molecule is COC(=O)CC(NC(C)C)C(=O)c1ccc(OC)cc1C. The molecule has 1 unspecified atom stereocenters. The van der Waals surface area contributed by atoms with Gasteiger partial charge in [0.2, 0.25) is 0 Å². The Hall–Kier alpha value is -1.88. The van der Waals surface area contributed by atoms with Crippen molar-refractivity contribution in [3.8, 4) is 5.75 Å². The van der Waals surface area contributed by atoms with Gasteiger partial charge in [-0.3, -0.25) is 9.59 Å². The lowest BCUT2D eigenvalue weighted by atomic mass is 9.97. The van der Waals surface area contributed by atoms with Crippen LogP contribution in [0.1, 0.15) is 36.2 Å². The van der Waals surface area contributed by atoms with Gasteiger partial charge < -0.3 is 14.8 Å². The number of nitrogens with one attached hydrogen (secondary N) is 1. The summed E-state index contributed by atoms with van der Waals surface area (Å²) in [5.74, 6) is 0.173. The molecule has 5 heteroatoms. The molecule has 116 valence electrons. The molecule has 1 aromatic carbocycles. The third kappa shape index (κ3) is 4.86. The van der Waals surface area contributed by atoms with Crippen LogP contribution in [0.4, 0.5) is 0 Å². The van der Waals surface area contributed by atoms with Gasteiger partial charge in [0.25, 0.3) is 0 Å². The molecule has 0 fully saturated rings. The predicted molar refractivity (Wildman–Crippen MR) is 80.8 cm³/mol. The van der Waals surface area contributed by atoms with Crippen LogP contribution in [0.15, 0.2) is 18.2 Å². The lowest BCUT2D eigenvalue weighted by molar-refractivity contribution is -0.141. The summed E-state index contributed by atoms with van der Waals surface area (Å²) in [7, 11) is 2.90. The van der Waals surface area contributed by atoms with Gasteiger partial charge in [-0.2, -0.15) is 0 Å². The third-order valence-corrected chi connectivity index (χ3v) is 3.15. The Morgan fingerprint density at radius 3 is 2.38 bits per heavy atom.